The van der Waals surface area contributed by atoms with E-state index in [2.05, 4.69) is 41.3 Å². The van der Waals surface area contributed by atoms with Gasteiger partial charge in [0.1, 0.15) is 0 Å². The van der Waals surface area contributed by atoms with Gasteiger partial charge in [-0.2, -0.15) is 4.98 Å². The molecule has 2 aromatic carbocycles. The number of thioether (sulfide) groups is 1. The molecule has 0 aliphatic carbocycles. The van der Waals surface area contributed by atoms with Gasteiger partial charge in [0.15, 0.2) is 5.82 Å². The van der Waals surface area contributed by atoms with Gasteiger partial charge in [-0.25, -0.2) is 0 Å². The molecule has 0 aliphatic heterocycles. The molecule has 0 bridgehead atoms. The van der Waals surface area contributed by atoms with Crippen LogP contribution in [-0.2, 0) is 5.75 Å². The van der Waals surface area contributed by atoms with Crippen molar-refractivity contribution in [1.82, 2.24) is 10.1 Å². The van der Waals surface area contributed by atoms with E-state index in [9.17, 15) is 0 Å². The van der Waals surface area contributed by atoms with Gasteiger partial charge in [0.05, 0.1) is 5.75 Å². The Morgan fingerprint density at radius 3 is 2.48 bits per heavy atom. The summed E-state index contributed by atoms with van der Waals surface area (Å²) in [6.45, 7) is 2.08. The zero-order valence-electron chi connectivity index (χ0n) is 11.4. The third-order valence-electron chi connectivity index (χ3n) is 2.95. The molecule has 3 nitrogen and oxygen atoms in total. The molecule has 0 fully saturated rings. The van der Waals surface area contributed by atoms with E-state index in [-0.39, 0.29) is 0 Å². The summed E-state index contributed by atoms with van der Waals surface area (Å²) in [4.78, 5) is 5.59. The predicted octanol–water partition coefficient (Wildman–Crippen LogP) is 4.99. The van der Waals surface area contributed by atoms with Gasteiger partial charge in [0, 0.05) is 15.5 Å². The fourth-order valence-electron chi connectivity index (χ4n) is 1.80. The summed E-state index contributed by atoms with van der Waals surface area (Å²) in [5.41, 5.74) is 2.13. The summed E-state index contributed by atoms with van der Waals surface area (Å²) >= 11 is 7.55. The number of benzene rings is 2. The van der Waals surface area contributed by atoms with Crippen LogP contribution in [0.1, 0.15) is 11.4 Å². The largest absolute Gasteiger partial charge is 0.334 e. The molecule has 0 atom stereocenters. The highest BCUT2D eigenvalue weighted by Crippen LogP contribution is 2.24. The SMILES string of the molecule is Cc1ccc(SCc2noc(-c3ccc(Cl)cc3)n2)cc1. The summed E-state index contributed by atoms with van der Waals surface area (Å²) in [7, 11) is 0. The molecule has 3 rings (SSSR count). The first-order valence-corrected chi connectivity index (χ1v) is 7.85. The van der Waals surface area contributed by atoms with Crippen LogP contribution in [0.3, 0.4) is 0 Å². The molecule has 1 aromatic heterocycles. The zero-order valence-corrected chi connectivity index (χ0v) is 13.0. The normalized spacial score (nSPS) is 10.8. The molecule has 106 valence electrons. The summed E-state index contributed by atoms with van der Waals surface area (Å²) in [5.74, 6) is 1.89. The van der Waals surface area contributed by atoms with E-state index in [4.69, 9.17) is 16.1 Å². The van der Waals surface area contributed by atoms with Crippen molar-refractivity contribution in [1.29, 1.82) is 0 Å². The maximum atomic E-state index is 5.86. The lowest BCUT2D eigenvalue weighted by molar-refractivity contribution is 0.425. The van der Waals surface area contributed by atoms with Gasteiger partial charge in [-0.05, 0) is 43.3 Å². The summed E-state index contributed by atoms with van der Waals surface area (Å²) in [6.07, 6.45) is 0. The van der Waals surface area contributed by atoms with Crippen molar-refractivity contribution in [2.75, 3.05) is 0 Å². The van der Waals surface area contributed by atoms with Gasteiger partial charge in [-0.15, -0.1) is 11.8 Å². The number of rotatable bonds is 4. The van der Waals surface area contributed by atoms with E-state index >= 15 is 0 Å². The van der Waals surface area contributed by atoms with Crippen molar-refractivity contribution in [2.24, 2.45) is 0 Å². The van der Waals surface area contributed by atoms with Gasteiger partial charge < -0.3 is 4.52 Å². The molecule has 0 spiro atoms. The van der Waals surface area contributed by atoms with Crippen LogP contribution in [0.4, 0.5) is 0 Å². The van der Waals surface area contributed by atoms with Crippen molar-refractivity contribution < 1.29 is 4.52 Å². The van der Waals surface area contributed by atoms with E-state index in [0.717, 1.165) is 5.56 Å². The highest BCUT2D eigenvalue weighted by molar-refractivity contribution is 7.98. The highest BCUT2D eigenvalue weighted by Gasteiger charge is 2.09. The molecule has 0 saturated carbocycles. The second-order valence-corrected chi connectivity index (χ2v) is 6.11. The predicted molar refractivity (Wildman–Crippen MR) is 85.5 cm³/mol. The number of halogens is 1. The van der Waals surface area contributed by atoms with Gasteiger partial charge >= 0.3 is 0 Å². The summed E-state index contributed by atoms with van der Waals surface area (Å²) in [6, 6.07) is 15.7. The molecular formula is C16H13ClN2OS. The van der Waals surface area contributed by atoms with Crippen molar-refractivity contribution >= 4 is 23.4 Å². The van der Waals surface area contributed by atoms with Gasteiger partial charge in [-0.1, -0.05) is 34.5 Å². The fourth-order valence-corrected chi connectivity index (χ4v) is 2.67. The van der Waals surface area contributed by atoms with Crippen LogP contribution in [0.25, 0.3) is 11.5 Å². The van der Waals surface area contributed by atoms with Gasteiger partial charge in [-0.3, -0.25) is 0 Å². The first-order chi connectivity index (χ1) is 10.2. The topological polar surface area (TPSA) is 38.9 Å². The van der Waals surface area contributed by atoms with Crippen molar-refractivity contribution in [3.63, 3.8) is 0 Å². The van der Waals surface area contributed by atoms with E-state index in [0.29, 0.717) is 22.5 Å². The minimum Gasteiger partial charge on any atom is -0.334 e. The molecular weight excluding hydrogens is 304 g/mol. The molecule has 5 heteroatoms. The second-order valence-electron chi connectivity index (χ2n) is 4.62. The Kier molecular flexibility index (Phi) is 4.27. The van der Waals surface area contributed by atoms with Crippen LogP contribution in [0.15, 0.2) is 57.9 Å². The molecule has 1 heterocycles. The first kappa shape index (κ1) is 14.2. The Morgan fingerprint density at radius 1 is 1.05 bits per heavy atom. The number of hydrogen-bond donors (Lipinski definition) is 0. The van der Waals surface area contributed by atoms with Crippen molar-refractivity contribution in [2.45, 2.75) is 17.6 Å². The smallest absolute Gasteiger partial charge is 0.257 e. The van der Waals surface area contributed by atoms with E-state index in [1.54, 1.807) is 11.8 Å². The minimum atomic E-state index is 0.520. The Labute approximate surface area is 132 Å². The van der Waals surface area contributed by atoms with Crippen LogP contribution < -0.4 is 0 Å². The Hall–Kier alpha value is -1.78. The van der Waals surface area contributed by atoms with E-state index in [1.165, 1.54) is 10.5 Å². The third kappa shape index (κ3) is 3.65. The van der Waals surface area contributed by atoms with Crippen molar-refractivity contribution in [3.05, 3.63) is 64.9 Å². The Bertz CT molecular complexity index is 723. The lowest BCUT2D eigenvalue weighted by Gasteiger charge is -1.98. The zero-order chi connectivity index (χ0) is 14.7. The molecule has 3 aromatic rings. The molecule has 21 heavy (non-hydrogen) atoms. The standard InChI is InChI=1S/C16H13ClN2OS/c1-11-2-8-14(9-3-11)21-10-15-18-16(20-19-15)12-4-6-13(17)7-5-12/h2-9H,10H2,1H3. The molecule has 0 saturated heterocycles. The first-order valence-electron chi connectivity index (χ1n) is 6.49. The van der Waals surface area contributed by atoms with Crippen LogP contribution in [0, 0.1) is 6.92 Å². The lowest BCUT2D eigenvalue weighted by Crippen LogP contribution is -1.84. The Morgan fingerprint density at radius 2 is 1.76 bits per heavy atom. The van der Waals surface area contributed by atoms with E-state index in [1.807, 2.05) is 24.3 Å². The average Bonchev–Trinajstić information content (AvgIpc) is 2.96. The van der Waals surface area contributed by atoms with Crippen LogP contribution in [-0.4, -0.2) is 10.1 Å². The maximum Gasteiger partial charge on any atom is 0.257 e. The number of nitrogens with zero attached hydrogens (tertiary/aromatic N) is 2. The highest BCUT2D eigenvalue weighted by atomic mass is 35.5. The van der Waals surface area contributed by atoms with Gasteiger partial charge in [0.2, 0.25) is 0 Å². The van der Waals surface area contributed by atoms with Gasteiger partial charge in [0.25, 0.3) is 5.89 Å². The minimum absolute atomic E-state index is 0.520. The molecule has 0 radical (unpaired) electrons. The molecule has 0 unspecified atom stereocenters. The average molecular weight is 317 g/mol. The number of aromatic nitrogens is 2. The van der Waals surface area contributed by atoms with Crippen LogP contribution in [0.5, 0.6) is 0 Å². The molecule has 0 N–H and O–H groups in total. The lowest BCUT2D eigenvalue weighted by atomic mass is 10.2. The summed E-state index contributed by atoms with van der Waals surface area (Å²) in [5, 5.41) is 4.70. The fraction of sp³-hybridized carbons (Fsp3) is 0.125. The van der Waals surface area contributed by atoms with Crippen LogP contribution in [0.2, 0.25) is 5.02 Å². The second kappa shape index (κ2) is 6.33. The maximum absolute atomic E-state index is 5.86. The molecule has 0 aliphatic rings. The van der Waals surface area contributed by atoms with Crippen LogP contribution >= 0.6 is 23.4 Å². The Balaban J connectivity index is 1.67. The molecule has 0 amide bonds. The van der Waals surface area contributed by atoms with Crippen molar-refractivity contribution in [3.8, 4) is 11.5 Å². The third-order valence-corrected chi connectivity index (χ3v) is 4.21. The van der Waals surface area contributed by atoms with E-state index < -0.39 is 0 Å². The monoisotopic (exact) mass is 316 g/mol. The number of hydrogen-bond acceptors (Lipinski definition) is 4. The number of aryl methyl sites for hydroxylation is 1. The summed E-state index contributed by atoms with van der Waals surface area (Å²) < 4.78 is 5.28. The quantitative estimate of drug-likeness (QED) is 0.636.